The summed E-state index contributed by atoms with van der Waals surface area (Å²) in [5.41, 5.74) is 2.85. The molecule has 4 N–H and O–H groups in total. The lowest BCUT2D eigenvalue weighted by Gasteiger charge is -2.10. The zero-order valence-electron chi connectivity index (χ0n) is 4.46. The molecular weight excluding hydrogens is 100 g/mol. The Labute approximate surface area is 48.1 Å². The quantitative estimate of drug-likeness (QED) is 0.381. The van der Waals surface area contributed by atoms with Crippen LogP contribution in [0.1, 0.15) is 0 Å². The second kappa shape index (κ2) is 1.94. The van der Waals surface area contributed by atoms with E-state index in [4.69, 9.17) is 0 Å². The van der Waals surface area contributed by atoms with Crippen LogP contribution >= 0.6 is 0 Å². The van der Waals surface area contributed by atoms with Crippen LogP contribution in [0.15, 0.2) is 24.3 Å². The van der Waals surface area contributed by atoms with Gasteiger partial charge in [0.2, 0.25) is 0 Å². The highest BCUT2D eigenvalue weighted by atomic mass is 15.0. The first-order valence-electron chi connectivity index (χ1n) is 2.40. The van der Waals surface area contributed by atoms with E-state index < -0.39 is 0 Å². The average Bonchev–Trinajstić information content (AvgIpc) is 1.83. The van der Waals surface area contributed by atoms with Crippen LogP contribution in [-0.2, 0) is 0 Å². The minimum absolute atomic E-state index is 1.43. The Hall–Kier alpha value is -0.860. The fourth-order valence-electron chi connectivity index (χ4n) is 0.663. The van der Waals surface area contributed by atoms with Gasteiger partial charge in [0.25, 0.3) is 0 Å². The zero-order chi connectivity index (χ0) is 5.98. The highest BCUT2D eigenvalue weighted by molar-refractivity contribution is 5.75. The molecule has 42 valence electrons. The molecule has 0 saturated carbocycles. The third kappa shape index (κ3) is 0.510. The van der Waals surface area contributed by atoms with E-state index in [-0.39, 0.29) is 0 Å². The van der Waals surface area contributed by atoms with Gasteiger partial charge in [-0.2, -0.15) is 0 Å². The molecule has 0 atom stereocenters. The number of rotatable bonds is 0. The maximum absolute atomic E-state index is 4.00. The zero-order valence-corrected chi connectivity index (χ0v) is 4.46. The van der Waals surface area contributed by atoms with Gasteiger partial charge in [0.1, 0.15) is 0 Å². The molecule has 0 heterocycles. The summed E-state index contributed by atoms with van der Waals surface area (Å²) in [4.78, 5) is 0. The van der Waals surface area contributed by atoms with Crippen LogP contribution in [0.2, 0.25) is 0 Å². The number of fused-ring (bicyclic) bond motifs is 1. The van der Waals surface area contributed by atoms with Crippen molar-refractivity contribution in [2.75, 3.05) is 0 Å². The first-order chi connectivity index (χ1) is 3.97. The van der Waals surface area contributed by atoms with Gasteiger partial charge in [-0.1, -0.05) is 24.3 Å². The van der Waals surface area contributed by atoms with E-state index >= 15 is 0 Å². The van der Waals surface area contributed by atoms with Gasteiger partial charge >= 0.3 is 0 Å². The standard InChI is InChI=1S/C6H4.H4N2/c1-2-6-4-3-5(1)6;1-2/h1-4H;1-2H2. The number of hydrazine groups is 1. The third-order valence-corrected chi connectivity index (χ3v) is 1.22. The average molecular weight is 108 g/mol. The van der Waals surface area contributed by atoms with Crippen LogP contribution in [0, 0.1) is 0 Å². The SMILES string of the molecule is NN.c1cc2ccc1-2. The maximum Gasteiger partial charge on any atom is -0.0184 e. The number of hydrogen-bond acceptors (Lipinski definition) is 2. The molecule has 0 bridgehead atoms. The van der Waals surface area contributed by atoms with Crippen molar-refractivity contribution in [1.29, 1.82) is 0 Å². The van der Waals surface area contributed by atoms with Crippen LogP contribution in [0.4, 0.5) is 0 Å². The molecule has 0 amide bonds. The molecule has 0 spiro atoms. The van der Waals surface area contributed by atoms with Gasteiger partial charge in [-0.25, -0.2) is 0 Å². The summed E-state index contributed by atoms with van der Waals surface area (Å²) >= 11 is 0. The van der Waals surface area contributed by atoms with Gasteiger partial charge < -0.3 is 0 Å². The molecule has 2 aliphatic rings. The molecule has 8 heavy (non-hydrogen) atoms. The fourth-order valence-corrected chi connectivity index (χ4v) is 0.663. The van der Waals surface area contributed by atoms with E-state index in [0.29, 0.717) is 0 Å². The Morgan fingerprint density at radius 3 is 1.00 bits per heavy atom. The maximum atomic E-state index is 4.00. The highest BCUT2D eigenvalue weighted by Gasteiger charge is 2.03. The first kappa shape index (κ1) is 5.28. The van der Waals surface area contributed by atoms with Crippen LogP contribution in [0.5, 0.6) is 0 Å². The van der Waals surface area contributed by atoms with E-state index in [2.05, 4.69) is 36.0 Å². The summed E-state index contributed by atoms with van der Waals surface area (Å²) in [5, 5.41) is 0. The van der Waals surface area contributed by atoms with Gasteiger partial charge in [-0.3, -0.25) is 11.7 Å². The summed E-state index contributed by atoms with van der Waals surface area (Å²) in [7, 11) is 0. The molecule has 0 aromatic heterocycles. The topological polar surface area (TPSA) is 52.0 Å². The summed E-state index contributed by atoms with van der Waals surface area (Å²) in [6, 6.07) is 8.48. The molecule has 2 aliphatic carbocycles. The molecule has 0 unspecified atom stereocenters. The van der Waals surface area contributed by atoms with Crippen molar-refractivity contribution < 1.29 is 0 Å². The Balaban J connectivity index is 0.000000147. The Kier molecular flexibility index (Phi) is 1.28. The summed E-state index contributed by atoms with van der Waals surface area (Å²) < 4.78 is 0. The van der Waals surface area contributed by atoms with Crippen LogP contribution < -0.4 is 11.7 Å². The molecule has 0 aromatic rings. The number of nitrogens with two attached hydrogens (primary N) is 2. The van der Waals surface area contributed by atoms with Gasteiger partial charge in [0.05, 0.1) is 0 Å². The van der Waals surface area contributed by atoms with Gasteiger partial charge in [0, 0.05) is 0 Å². The normalized spacial score (nSPS) is 9.25. The summed E-state index contributed by atoms with van der Waals surface area (Å²) in [6.45, 7) is 0. The highest BCUT2D eigenvalue weighted by Crippen LogP contribution is 2.29. The molecule has 2 heteroatoms. The van der Waals surface area contributed by atoms with Gasteiger partial charge in [-0.05, 0) is 11.1 Å². The number of hydrogen-bond donors (Lipinski definition) is 2. The monoisotopic (exact) mass is 108 g/mol. The largest absolute Gasteiger partial charge is 0.274 e. The molecule has 2 rings (SSSR count). The van der Waals surface area contributed by atoms with E-state index in [1.54, 1.807) is 0 Å². The lowest BCUT2D eigenvalue weighted by atomic mass is 9.95. The van der Waals surface area contributed by atoms with Crippen molar-refractivity contribution >= 4 is 0 Å². The first-order valence-corrected chi connectivity index (χ1v) is 2.40. The Bertz CT molecular complexity index is 145. The van der Waals surface area contributed by atoms with Crippen molar-refractivity contribution in [2.45, 2.75) is 0 Å². The predicted octanol–water partition coefficient (Wildman–Crippen LogP) is 0.486. The van der Waals surface area contributed by atoms with Gasteiger partial charge in [0.15, 0.2) is 0 Å². The van der Waals surface area contributed by atoms with Crippen LogP contribution in [-0.4, -0.2) is 0 Å². The second-order valence-corrected chi connectivity index (χ2v) is 1.58. The lowest BCUT2D eigenvalue weighted by molar-refractivity contribution is 1.26. The lowest BCUT2D eigenvalue weighted by Crippen LogP contribution is -2.02. The molecule has 0 radical (unpaired) electrons. The Morgan fingerprint density at radius 1 is 0.750 bits per heavy atom. The second-order valence-electron chi connectivity index (χ2n) is 1.58. The third-order valence-electron chi connectivity index (χ3n) is 1.22. The van der Waals surface area contributed by atoms with Crippen molar-refractivity contribution in [1.82, 2.24) is 0 Å². The van der Waals surface area contributed by atoms with Crippen LogP contribution in [0.3, 0.4) is 0 Å². The Morgan fingerprint density at radius 2 is 1.00 bits per heavy atom. The van der Waals surface area contributed by atoms with E-state index in [1.165, 1.54) is 11.1 Å². The minimum atomic E-state index is 1.43. The molecule has 0 aromatic carbocycles. The van der Waals surface area contributed by atoms with E-state index in [1.807, 2.05) is 0 Å². The van der Waals surface area contributed by atoms with E-state index in [0.717, 1.165) is 0 Å². The smallest absolute Gasteiger partial charge is 0.0184 e. The van der Waals surface area contributed by atoms with Crippen molar-refractivity contribution in [3.05, 3.63) is 24.3 Å². The molecule has 0 aliphatic heterocycles. The predicted molar refractivity (Wildman–Crippen MR) is 33.8 cm³/mol. The van der Waals surface area contributed by atoms with Crippen molar-refractivity contribution in [2.24, 2.45) is 11.7 Å². The number of benzene rings is 1. The molecule has 0 fully saturated rings. The molecule has 2 nitrogen and oxygen atoms in total. The van der Waals surface area contributed by atoms with Crippen LogP contribution in [0.25, 0.3) is 11.1 Å². The molecule has 0 saturated heterocycles. The minimum Gasteiger partial charge on any atom is -0.274 e. The van der Waals surface area contributed by atoms with Gasteiger partial charge in [-0.15, -0.1) is 0 Å². The van der Waals surface area contributed by atoms with Crippen molar-refractivity contribution in [3.8, 4) is 11.1 Å². The van der Waals surface area contributed by atoms with E-state index in [9.17, 15) is 0 Å². The summed E-state index contributed by atoms with van der Waals surface area (Å²) in [6.07, 6.45) is 0. The molecular formula is C6H8N2. The van der Waals surface area contributed by atoms with Crippen molar-refractivity contribution in [3.63, 3.8) is 0 Å². The fraction of sp³-hybridized carbons (Fsp3) is 0. The summed E-state index contributed by atoms with van der Waals surface area (Å²) in [5.74, 6) is 8.00.